The van der Waals surface area contributed by atoms with Crippen molar-refractivity contribution in [1.82, 2.24) is 15.1 Å². The maximum atomic E-state index is 13.4. The average Bonchev–Trinajstić information content (AvgIpc) is 3.10. The van der Waals surface area contributed by atoms with Crippen LogP contribution in [-0.2, 0) is 35.0 Å². The van der Waals surface area contributed by atoms with Gasteiger partial charge in [0.1, 0.15) is 0 Å². The Morgan fingerprint density at radius 1 is 1.29 bits per heavy atom. The van der Waals surface area contributed by atoms with Gasteiger partial charge in [-0.3, -0.25) is 9.48 Å². The lowest BCUT2D eigenvalue weighted by atomic mass is 9.76. The Kier molecular flexibility index (Phi) is 7.21. The molecule has 2 aliphatic heterocycles. The first-order valence-corrected chi connectivity index (χ1v) is 11.9. The number of benzene rings is 1. The van der Waals surface area contributed by atoms with Gasteiger partial charge in [0.25, 0.3) is 5.91 Å². The van der Waals surface area contributed by atoms with Crippen LogP contribution in [0.25, 0.3) is 0 Å². The van der Waals surface area contributed by atoms with E-state index in [9.17, 15) is 22.8 Å². The van der Waals surface area contributed by atoms with Crippen LogP contribution in [-0.4, -0.2) is 48.0 Å². The first-order valence-electron chi connectivity index (χ1n) is 11.9. The second kappa shape index (κ2) is 10.0. The van der Waals surface area contributed by atoms with E-state index in [0.29, 0.717) is 62.4 Å². The summed E-state index contributed by atoms with van der Waals surface area (Å²) in [4.78, 5) is 25.3. The molecular formula is C25H30F3N3O4. The molecule has 1 aromatic heterocycles. The number of hydrogen-bond acceptors (Lipinski definition) is 5. The summed E-state index contributed by atoms with van der Waals surface area (Å²) < 4.78 is 52.6. The Morgan fingerprint density at radius 2 is 2.03 bits per heavy atom. The number of alkyl halides is 3. The number of nitrogens with zero attached hydrogens (tertiary/aromatic N) is 2. The van der Waals surface area contributed by atoms with Gasteiger partial charge in [0.15, 0.2) is 0 Å². The van der Waals surface area contributed by atoms with Gasteiger partial charge in [-0.2, -0.15) is 18.3 Å². The maximum absolute atomic E-state index is 13.4. The molecule has 1 spiro atoms. The SMILES string of the molecule is CCc1nn(CCCOC(=O)c2ccc(C)cc2C(F)(F)F)c2c1C(=O)NCC1(CCOCC1)C2. The molecule has 0 bridgehead atoms. The summed E-state index contributed by atoms with van der Waals surface area (Å²) in [5.74, 6) is -1.14. The third kappa shape index (κ3) is 5.37. The number of ether oxygens (including phenoxy) is 2. The summed E-state index contributed by atoms with van der Waals surface area (Å²) in [7, 11) is 0. The van der Waals surface area contributed by atoms with Crippen LogP contribution in [0.3, 0.4) is 0 Å². The number of rotatable bonds is 6. The van der Waals surface area contributed by atoms with E-state index in [1.165, 1.54) is 13.0 Å². The van der Waals surface area contributed by atoms with Crippen LogP contribution in [0.4, 0.5) is 13.2 Å². The summed E-state index contributed by atoms with van der Waals surface area (Å²) in [6.07, 6.45) is -1.32. The highest BCUT2D eigenvalue weighted by atomic mass is 19.4. The van der Waals surface area contributed by atoms with E-state index in [2.05, 4.69) is 10.4 Å². The second-order valence-electron chi connectivity index (χ2n) is 9.35. The van der Waals surface area contributed by atoms with Gasteiger partial charge in [-0.1, -0.05) is 18.6 Å². The number of esters is 1. The van der Waals surface area contributed by atoms with Crippen molar-refractivity contribution in [3.05, 3.63) is 51.8 Å². The van der Waals surface area contributed by atoms with E-state index in [4.69, 9.17) is 9.47 Å². The minimum atomic E-state index is -4.65. The summed E-state index contributed by atoms with van der Waals surface area (Å²) in [5.41, 5.74) is 1.01. The zero-order chi connectivity index (χ0) is 25.2. The number of halogens is 3. The number of carbonyl (C=O) groups excluding carboxylic acids is 2. The van der Waals surface area contributed by atoms with Crippen LogP contribution in [0.15, 0.2) is 18.2 Å². The summed E-state index contributed by atoms with van der Waals surface area (Å²) in [6.45, 7) is 5.68. The zero-order valence-electron chi connectivity index (χ0n) is 20.0. The minimum Gasteiger partial charge on any atom is -0.462 e. The molecule has 1 amide bonds. The fraction of sp³-hybridized carbons (Fsp3) is 0.560. The van der Waals surface area contributed by atoms with E-state index >= 15 is 0 Å². The highest BCUT2D eigenvalue weighted by Gasteiger charge is 2.40. The molecule has 190 valence electrons. The van der Waals surface area contributed by atoms with Crippen LogP contribution < -0.4 is 5.32 Å². The van der Waals surface area contributed by atoms with Crippen molar-refractivity contribution in [3.8, 4) is 0 Å². The summed E-state index contributed by atoms with van der Waals surface area (Å²) >= 11 is 0. The van der Waals surface area contributed by atoms with Gasteiger partial charge >= 0.3 is 12.1 Å². The predicted octanol–water partition coefficient (Wildman–Crippen LogP) is 4.10. The molecule has 1 N–H and O–H groups in total. The lowest BCUT2D eigenvalue weighted by molar-refractivity contribution is -0.138. The molecule has 1 saturated heterocycles. The topological polar surface area (TPSA) is 82.5 Å². The Bertz CT molecular complexity index is 1100. The molecule has 1 aromatic carbocycles. The van der Waals surface area contributed by atoms with Crippen LogP contribution in [0.1, 0.15) is 69.4 Å². The Balaban J connectivity index is 1.46. The monoisotopic (exact) mass is 493 g/mol. The summed E-state index contributed by atoms with van der Waals surface area (Å²) in [6, 6.07) is 3.54. The number of nitrogens with one attached hydrogen (secondary N) is 1. The molecule has 0 unspecified atom stereocenters. The van der Waals surface area contributed by atoms with Crippen molar-refractivity contribution in [2.24, 2.45) is 5.41 Å². The van der Waals surface area contributed by atoms with Gasteiger partial charge in [0.2, 0.25) is 0 Å². The lowest BCUT2D eigenvalue weighted by Gasteiger charge is -2.36. The molecule has 7 nitrogen and oxygen atoms in total. The average molecular weight is 494 g/mol. The second-order valence-corrected chi connectivity index (χ2v) is 9.35. The van der Waals surface area contributed by atoms with Gasteiger partial charge in [0.05, 0.1) is 34.7 Å². The molecule has 0 radical (unpaired) electrons. The van der Waals surface area contributed by atoms with Gasteiger partial charge in [-0.05, 0) is 50.2 Å². The van der Waals surface area contributed by atoms with Gasteiger partial charge in [0, 0.05) is 32.7 Å². The Hall–Kier alpha value is -2.88. The van der Waals surface area contributed by atoms with E-state index in [0.717, 1.165) is 30.7 Å². The van der Waals surface area contributed by atoms with Crippen molar-refractivity contribution in [2.75, 3.05) is 26.4 Å². The summed E-state index contributed by atoms with van der Waals surface area (Å²) in [5, 5.41) is 7.71. The molecule has 0 saturated carbocycles. The minimum absolute atomic E-state index is 0.0642. The highest BCUT2D eigenvalue weighted by Crippen LogP contribution is 2.37. The third-order valence-corrected chi connectivity index (χ3v) is 6.86. The van der Waals surface area contributed by atoms with E-state index in [1.807, 2.05) is 6.92 Å². The molecule has 0 aliphatic carbocycles. The highest BCUT2D eigenvalue weighted by molar-refractivity contribution is 5.97. The number of fused-ring (bicyclic) bond motifs is 1. The standard InChI is InChI=1S/C25H30F3N3O4/c1-3-19-21-20(14-24(15-29-22(21)32)7-11-34-12-8-24)31(30-19)9-4-10-35-23(33)17-6-5-16(2)13-18(17)25(26,27)28/h5-6,13H,3-4,7-12,14-15H2,1-2H3,(H,29,32). The maximum Gasteiger partial charge on any atom is 0.417 e. The van der Waals surface area contributed by atoms with Crippen molar-refractivity contribution in [1.29, 1.82) is 0 Å². The molecule has 35 heavy (non-hydrogen) atoms. The number of hydrogen-bond donors (Lipinski definition) is 1. The predicted molar refractivity (Wildman–Crippen MR) is 121 cm³/mol. The Morgan fingerprint density at radius 3 is 2.71 bits per heavy atom. The molecule has 0 atom stereocenters. The van der Waals surface area contributed by atoms with Crippen molar-refractivity contribution in [2.45, 2.75) is 58.7 Å². The smallest absolute Gasteiger partial charge is 0.417 e. The first-order chi connectivity index (χ1) is 16.6. The van der Waals surface area contributed by atoms with E-state index < -0.39 is 23.3 Å². The molecule has 3 heterocycles. The van der Waals surface area contributed by atoms with Gasteiger partial charge in [-0.15, -0.1) is 0 Å². The molecule has 2 aromatic rings. The van der Waals surface area contributed by atoms with Crippen LogP contribution in [0, 0.1) is 12.3 Å². The van der Waals surface area contributed by atoms with Gasteiger partial charge in [-0.25, -0.2) is 4.79 Å². The number of aromatic nitrogens is 2. The van der Waals surface area contributed by atoms with Crippen LogP contribution >= 0.6 is 0 Å². The van der Waals surface area contributed by atoms with E-state index in [-0.39, 0.29) is 17.9 Å². The number of aryl methyl sites for hydroxylation is 3. The third-order valence-electron chi connectivity index (χ3n) is 6.86. The lowest BCUT2D eigenvalue weighted by Crippen LogP contribution is -2.40. The fourth-order valence-electron chi connectivity index (χ4n) is 4.89. The number of carbonyl (C=O) groups is 2. The quantitative estimate of drug-likeness (QED) is 0.484. The van der Waals surface area contributed by atoms with E-state index in [1.54, 1.807) is 4.68 Å². The van der Waals surface area contributed by atoms with Crippen LogP contribution in [0.2, 0.25) is 0 Å². The molecule has 10 heteroatoms. The first kappa shape index (κ1) is 25.2. The van der Waals surface area contributed by atoms with Crippen molar-refractivity contribution < 1.29 is 32.2 Å². The van der Waals surface area contributed by atoms with Crippen LogP contribution in [0.5, 0.6) is 0 Å². The largest absolute Gasteiger partial charge is 0.462 e. The normalized spacial score (nSPS) is 17.6. The molecular weight excluding hydrogens is 463 g/mol. The molecule has 2 aliphatic rings. The van der Waals surface area contributed by atoms with Crippen molar-refractivity contribution >= 4 is 11.9 Å². The van der Waals surface area contributed by atoms with Crippen molar-refractivity contribution in [3.63, 3.8) is 0 Å². The number of amides is 1. The zero-order valence-corrected chi connectivity index (χ0v) is 20.0. The van der Waals surface area contributed by atoms with Gasteiger partial charge < -0.3 is 14.8 Å². The molecule has 1 fully saturated rings. The fourth-order valence-corrected chi connectivity index (χ4v) is 4.89. The Labute approximate surface area is 202 Å². The molecule has 4 rings (SSSR count).